The normalized spacial score (nSPS) is 17.3. The first kappa shape index (κ1) is 58.5. The van der Waals surface area contributed by atoms with Crippen LogP contribution in [0.2, 0.25) is 20.1 Å². The lowest BCUT2D eigenvalue weighted by Crippen LogP contribution is -2.44. The molecule has 24 heteroatoms. The summed E-state index contributed by atoms with van der Waals surface area (Å²) in [7, 11) is 1.49. The minimum atomic E-state index is -4.63. The summed E-state index contributed by atoms with van der Waals surface area (Å²) >= 11 is 26.1. The van der Waals surface area contributed by atoms with Crippen molar-refractivity contribution >= 4 is 103 Å². The van der Waals surface area contributed by atoms with Crippen LogP contribution in [0.25, 0.3) is 0 Å². The molecule has 4 heterocycles. The van der Waals surface area contributed by atoms with Crippen molar-refractivity contribution in [2.24, 2.45) is 0 Å². The van der Waals surface area contributed by atoms with Gasteiger partial charge in [0.25, 0.3) is 17.3 Å². The zero-order valence-electron chi connectivity index (χ0n) is 39.6. The van der Waals surface area contributed by atoms with E-state index in [-0.39, 0.29) is 92.6 Å². The highest BCUT2D eigenvalue weighted by molar-refractivity contribution is 14.1. The Hall–Kier alpha value is -5.81. The summed E-state index contributed by atoms with van der Waals surface area (Å²) in [4.78, 5) is 62.3. The van der Waals surface area contributed by atoms with Gasteiger partial charge >= 0.3 is 12.4 Å². The number of carbonyl (C=O) groups excluding carboxylic acids is 2. The van der Waals surface area contributed by atoms with Crippen LogP contribution in [0, 0.1) is 20.2 Å². The maximum atomic E-state index is 14.4. The Balaban J connectivity index is 0.000000236. The second-order valence-electron chi connectivity index (χ2n) is 17.5. The van der Waals surface area contributed by atoms with Crippen molar-refractivity contribution in [1.29, 1.82) is 0 Å². The van der Waals surface area contributed by atoms with Crippen LogP contribution in [0.4, 0.5) is 49.1 Å². The average Bonchev–Trinajstić information content (AvgIpc) is 4.05. The van der Waals surface area contributed by atoms with Crippen LogP contribution in [-0.4, -0.2) is 86.9 Å². The molecule has 2 aliphatic rings. The molecule has 0 saturated carbocycles. The van der Waals surface area contributed by atoms with Gasteiger partial charge in [-0.2, -0.15) is 26.3 Å². The molecule has 0 N–H and O–H groups in total. The number of ketones is 1. The Morgan fingerprint density at radius 2 is 1.05 bits per heavy atom. The fourth-order valence-electron chi connectivity index (χ4n) is 9.07. The fourth-order valence-corrected chi connectivity index (χ4v) is 10.1. The fraction of sp³-hybridized carbons (Fsp3) is 0.294. The van der Waals surface area contributed by atoms with E-state index in [0.29, 0.717) is 17.8 Å². The van der Waals surface area contributed by atoms with Crippen molar-refractivity contribution in [2.75, 3.05) is 48.0 Å². The number of halogens is 11. The lowest BCUT2D eigenvalue weighted by atomic mass is 9.79. The number of Topliss-reactive ketones (excluding diaryl/α,β-unsaturated/α-hetero) is 1. The van der Waals surface area contributed by atoms with Gasteiger partial charge in [0, 0.05) is 101 Å². The van der Waals surface area contributed by atoms with Crippen LogP contribution in [0.1, 0.15) is 62.5 Å². The van der Waals surface area contributed by atoms with Crippen molar-refractivity contribution in [3.8, 4) is 0 Å². The molecule has 396 valence electrons. The third kappa shape index (κ3) is 13.4. The van der Waals surface area contributed by atoms with E-state index >= 15 is 0 Å². The van der Waals surface area contributed by atoms with E-state index in [0.717, 1.165) is 12.1 Å². The summed E-state index contributed by atoms with van der Waals surface area (Å²) in [5, 5.41) is 24.0. The molecule has 2 atom stereocenters. The third-order valence-electron chi connectivity index (χ3n) is 12.9. The lowest BCUT2D eigenvalue weighted by Gasteiger charge is -2.33. The Labute approximate surface area is 460 Å². The molecule has 4 aromatic carbocycles. The van der Waals surface area contributed by atoms with E-state index in [1.54, 1.807) is 48.8 Å². The number of nitro groups is 2. The molecule has 8 rings (SSSR count). The molecular weight excluding hydrogens is 1190 g/mol. The summed E-state index contributed by atoms with van der Waals surface area (Å²) in [6.07, 6.45) is -6.37. The number of anilines is 2. The molecule has 1 amide bonds. The van der Waals surface area contributed by atoms with E-state index in [2.05, 4.69) is 32.6 Å². The molecule has 0 aliphatic carbocycles. The van der Waals surface area contributed by atoms with Gasteiger partial charge < -0.3 is 14.7 Å². The molecule has 2 aliphatic heterocycles. The molecule has 0 bridgehead atoms. The number of aryl methyl sites for hydroxylation is 1. The van der Waals surface area contributed by atoms with Crippen molar-refractivity contribution < 1.29 is 45.8 Å². The van der Waals surface area contributed by atoms with Crippen molar-refractivity contribution in [1.82, 2.24) is 14.9 Å². The standard InChI is InChI=1S/C25H21Cl2F3N4O3.C25H20Cl2F3N3O3.CH3I/c1-32(14-19-4-2-3-8-31-19)23(35)21-6-5-20(13-22(21)34(36)37)33-9-7-24(15-33,25(28,29)30)16-10-17(26)12-18(27)11-16;26-17-11-16(12-18(27)13-17)24(25(28,29)30)8-10-32(15-24)20-5-6-21(22(14-20)33(35)36)23(34)7-4-19-3-1-2-9-31-19;1-2/h2-6,8,10-13H,7,9,14-15H2,1H3;1-3,5-6,9,11-14H,4,7-8,10,15H2;1H3. The highest BCUT2D eigenvalue weighted by atomic mass is 127. The molecule has 2 unspecified atom stereocenters. The number of carbonyl (C=O) groups is 2. The minimum absolute atomic E-state index is 0.00618. The molecule has 13 nitrogen and oxygen atoms in total. The summed E-state index contributed by atoms with van der Waals surface area (Å²) in [5.41, 5.74) is -4.18. The van der Waals surface area contributed by atoms with Crippen LogP contribution < -0.4 is 9.80 Å². The first-order chi connectivity index (χ1) is 35.4. The number of hydrogen-bond donors (Lipinski definition) is 0. The number of rotatable bonds is 13. The second-order valence-corrected chi connectivity index (χ2v) is 19.2. The number of alkyl halides is 7. The van der Waals surface area contributed by atoms with E-state index in [1.165, 1.54) is 82.4 Å². The van der Waals surface area contributed by atoms with Crippen molar-refractivity contribution in [3.63, 3.8) is 0 Å². The molecule has 75 heavy (non-hydrogen) atoms. The summed E-state index contributed by atoms with van der Waals surface area (Å²) in [5.74, 6) is -1.05. The highest BCUT2D eigenvalue weighted by Crippen LogP contribution is 2.51. The summed E-state index contributed by atoms with van der Waals surface area (Å²) < 4.78 is 86.4. The first-order valence-electron chi connectivity index (χ1n) is 22.5. The topological polar surface area (TPSA) is 156 Å². The first-order valence-corrected chi connectivity index (χ1v) is 26.2. The lowest BCUT2D eigenvalue weighted by molar-refractivity contribution is -0.385. The number of aromatic nitrogens is 2. The molecule has 2 aromatic heterocycles. The quantitative estimate of drug-likeness (QED) is 0.0272. The zero-order valence-corrected chi connectivity index (χ0v) is 44.8. The largest absolute Gasteiger partial charge is 0.400 e. The predicted molar refractivity (Wildman–Crippen MR) is 285 cm³/mol. The maximum absolute atomic E-state index is 14.4. The number of hydrogen-bond acceptors (Lipinski definition) is 10. The van der Waals surface area contributed by atoms with Gasteiger partial charge in [-0.05, 0) is 120 Å². The smallest absolute Gasteiger partial charge is 0.370 e. The van der Waals surface area contributed by atoms with E-state index in [9.17, 15) is 56.2 Å². The Morgan fingerprint density at radius 3 is 1.45 bits per heavy atom. The molecule has 2 saturated heterocycles. The minimum Gasteiger partial charge on any atom is -0.370 e. The van der Waals surface area contributed by atoms with Crippen molar-refractivity contribution in [2.45, 2.75) is 55.4 Å². The van der Waals surface area contributed by atoms with E-state index in [1.807, 2.05) is 4.93 Å². The highest BCUT2D eigenvalue weighted by Gasteiger charge is 2.60. The van der Waals surface area contributed by atoms with Crippen molar-refractivity contribution in [3.05, 3.63) is 196 Å². The van der Waals surface area contributed by atoms with Crippen LogP contribution in [-0.2, 0) is 23.8 Å². The van der Waals surface area contributed by atoms with E-state index in [4.69, 9.17) is 46.4 Å². The van der Waals surface area contributed by atoms with Gasteiger partial charge in [-0.1, -0.05) is 81.1 Å². The molecule has 6 aromatic rings. The zero-order chi connectivity index (χ0) is 55.0. The Kier molecular flexibility index (Phi) is 19.1. The van der Waals surface area contributed by atoms with Gasteiger partial charge in [-0.25, -0.2) is 0 Å². The second kappa shape index (κ2) is 24.5. The molecule has 2 fully saturated rings. The van der Waals surface area contributed by atoms with Gasteiger partial charge in [0.05, 0.1) is 27.6 Å². The van der Waals surface area contributed by atoms with Gasteiger partial charge in [-0.3, -0.25) is 39.8 Å². The SMILES string of the molecule is CI.CN(Cc1ccccn1)C(=O)c1ccc(N2CCC(c3cc(Cl)cc(Cl)c3)(C(F)(F)F)C2)cc1[N+](=O)[O-].O=C(CCc1ccccn1)c1ccc(N2CCC(c3cc(Cl)cc(Cl)c3)(C(F)(F)F)C2)cc1[N+](=O)[O-]. The number of amides is 1. The maximum Gasteiger partial charge on any atom is 0.400 e. The predicted octanol–water partition coefficient (Wildman–Crippen LogP) is 14.2. The average molecular weight is 1230 g/mol. The van der Waals surface area contributed by atoms with Crippen LogP contribution in [0.15, 0.2) is 122 Å². The van der Waals surface area contributed by atoms with E-state index < -0.39 is 69.2 Å². The van der Waals surface area contributed by atoms with Crippen LogP contribution in [0.5, 0.6) is 0 Å². The van der Waals surface area contributed by atoms with Gasteiger partial charge in [-0.15, -0.1) is 0 Å². The van der Waals surface area contributed by atoms with Crippen LogP contribution in [0.3, 0.4) is 0 Å². The summed E-state index contributed by atoms with van der Waals surface area (Å²) in [6.45, 7) is -0.864. The number of benzene rings is 4. The Bertz CT molecular complexity index is 3020. The number of nitro benzene ring substituents is 2. The molecule has 0 spiro atoms. The number of pyridine rings is 2. The monoisotopic (exact) mass is 1230 g/mol. The van der Waals surface area contributed by atoms with Gasteiger partial charge in [0.15, 0.2) is 5.78 Å². The molecule has 0 radical (unpaired) electrons. The van der Waals surface area contributed by atoms with Gasteiger partial charge in [0.1, 0.15) is 16.4 Å². The molecular formula is C51H44Cl4F6IN7O6. The van der Waals surface area contributed by atoms with Crippen LogP contribution >= 0.6 is 69.0 Å². The Morgan fingerprint density at radius 1 is 0.640 bits per heavy atom. The summed E-state index contributed by atoms with van der Waals surface area (Å²) in [6, 6.07) is 25.9. The van der Waals surface area contributed by atoms with Gasteiger partial charge in [0.2, 0.25) is 0 Å². The third-order valence-corrected chi connectivity index (χ3v) is 13.8. The number of nitrogens with zero attached hydrogens (tertiary/aromatic N) is 7.